The molecule has 0 saturated carbocycles. The van der Waals surface area contributed by atoms with E-state index in [0.717, 1.165) is 48.9 Å². The zero-order chi connectivity index (χ0) is 17.6. The summed E-state index contributed by atoms with van der Waals surface area (Å²) in [5.41, 5.74) is 3.18. The molecule has 0 unspecified atom stereocenters. The number of carboxylic acids is 1. The van der Waals surface area contributed by atoms with Gasteiger partial charge in [0.15, 0.2) is 0 Å². The van der Waals surface area contributed by atoms with Crippen LogP contribution in [0.15, 0.2) is 36.4 Å². The molecular weight excluding hydrogens is 318 g/mol. The number of hydrogen-bond donors (Lipinski definition) is 1. The van der Waals surface area contributed by atoms with Gasteiger partial charge < -0.3 is 9.84 Å². The van der Waals surface area contributed by atoms with Gasteiger partial charge in [0.2, 0.25) is 0 Å². The zero-order valence-corrected chi connectivity index (χ0v) is 14.4. The third kappa shape index (κ3) is 4.70. The largest absolute Gasteiger partial charge is 0.497 e. The summed E-state index contributed by atoms with van der Waals surface area (Å²) in [6, 6.07) is 10.0. The van der Waals surface area contributed by atoms with Gasteiger partial charge >= 0.3 is 5.97 Å². The van der Waals surface area contributed by atoms with Gasteiger partial charge in [-0.1, -0.05) is 24.3 Å². The van der Waals surface area contributed by atoms with Gasteiger partial charge in [0.25, 0.3) is 0 Å². The third-order valence-electron chi connectivity index (χ3n) is 4.31. The first-order chi connectivity index (χ1) is 12.1. The Kier molecular flexibility index (Phi) is 5.50. The Morgan fingerprint density at radius 3 is 2.84 bits per heavy atom. The standard InChI is InChI=1S/C19H23N3O3/c1-25-18-7-4-15(5-8-18)3-2-10-21-11-12-22-17(14-21)13-16(20-22)6-9-19(23)24/h2-5,7-8,13H,6,9-12,14H2,1H3,(H,23,24)/b3-2+. The number of benzene rings is 1. The summed E-state index contributed by atoms with van der Waals surface area (Å²) in [5, 5.41) is 13.3. The lowest BCUT2D eigenvalue weighted by atomic mass is 10.2. The van der Waals surface area contributed by atoms with E-state index >= 15 is 0 Å². The predicted octanol–water partition coefficient (Wildman–Crippen LogP) is 2.44. The average molecular weight is 341 g/mol. The summed E-state index contributed by atoms with van der Waals surface area (Å²) in [6.07, 6.45) is 4.90. The van der Waals surface area contributed by atoms with E-state index in [4.69, 9.17) is 9.84 Å². The lowest BCUT2D eigenvalue weighted by Gasteiger charge is -2.26. The number of fused-ring (bicyclic) bond motifs is 1. The molecule has 1 aromatic heterocycles. The SMILES string of the molecule is COc1ccc(/C=C/CN2CCn3nc(CCC(=O)O)cc3C2)cc1. The van der Waals surface area contributed by atoms with Crippen LogP contribution in [-0.4, -0.2) is 46.0 Å². The number of carboxylic acid groups (broad SMARTS) is 1. The van der Waals surface area contributed by atoms with Crippen molar-refractivity contribution in [3.63, 3.8) is 0 Å². The lowest BCUT2D eigenvalue weighted by Crippen LogP contribution is -2.33. The summed E-state index contributed by atoms with van der Waals surface area (Å²) in [5.74, 6) is 0.0800. The minimum Gasteiger partial charge on any atom is -0.497 e. The summed E-state index contributed by atoms with van der Waals surface area (Å²) in [7, 11) is 1.67. The minimum absolute atomic E-state index is 0.130. The highest BCUT2D eigenvalue weighted by Crippen LogP contribution is 2.16. The Balaban J connectivity index is 1.53. The number of carbonyl (C=O) groups is 1. The van der Waals surface area contributed by atoms with Crippen molar-refractivity contribution in [3.8, 4) is 5.75 Å². The summed E-state index contributed by atoms with van der Waals surface area (Å²) in [4.78, 5) is 13.0. The van der Waals surface area contributed by atoms with Gasteiger partial charge in [-0.25, -0.2) is 0 Å². The van der Waals surface area contributed by atoms with Crippen molar-refractivity contribution in [2.75, 3.05) is 20.2 Å². The fraction of sp³-hybridized carbons (Fsp3) is 0.368. The van der Waals surface area contributed by atoms with E-state index in [-0.39, 0.29) is 6.42 Å². The van der Waals surface area contributed by atoms with Crippen LogP contribution in [0.5, 0.6) is 5.75 Å². The van der Waals surface area contributed by atoms with Crippen LogP contribution >= 0.6 is 0 Å². The highest BCUT2D eigenvalue weighted by molar-refractivity contribution is 5.66. The van der Waals surface area contributed by atoms with Crippen molar-refractivity contribution >= 4 is 12.0 Å². The summed E-state index contributed by atoms with van der Waals surface area (Å²) >= 11 is 0. The van der Waals surface area contributed by atoms with Crippen LogP contribution in [0.25, 0.3) is 6.08 Å². The Bertz CT molecular complexity index is 750. The molecule has 0 saturated heterocycles. The van der Waals surface area contributed by atoms with Gasteiger partial charge in [-0.05, 0) is 23.8 Å². The number of nitrogens with zero attached hydrogens (tertiary/aromatic N) is 3. The van der Waals surface area contributed by atoms with E-state index in [0.29, 0.717) is 6.42 Å². The molecule has 1 aliphatic rings. The summed E-state index contributed by atoms with van der Waals surface area (Å²) in [6.45, 7) is 3.51. The van der Waals surface area contributed by atoms with Gasteiger partial charge in [0, 0.05) is 26.1 Å². The first-order valence-corrected chi connectivity index (χ1v) is 8.44. The maximum absolute atomic E-state index is 10.7. The first-order valence-electron chi connectivity index (χ1n) is 8.44. The second kappa shape index (κ2) is 7.98. The Morgan fingerprint density at radius 2 is 2.12 bits per heavy atom. The van der Waals surface area contributed by atoms with Gasteiger partial charge in [-0.2, -0.15) is 5.10 Å². The zero-order valence-electron chi connectivity index (χ0n) is 14.4. The molecule has 0 fully saturated rings. The molecule has 1 aromatic carbocycles. The van der Waals surface area contributed by atoms with Crippen LogP contribution in [0.3, 0.4) is 0 Å². The van der Waals surface area contributed by atoms with Gasteiger partial charge in [0.05, 0.1) is 31.5 Å². The van der Waals surface area contributed by atoms with Crippen molar-refractivity contribution in [2.24, 2.45) is 0 Å². The smallest absolute Gasteiger partial charge is 0.303 e. The molecular formula is C19H23N3O3. The maximum Gasteiger partial charge on any atom is 0.303 e. The van der Waals surface area contributed by atoms with E-state index in [2.05, 4.69) is 22.2 Å². The van der Waals surface area contributed by atoms with E-state index in [1.165, 1.54) is 0 Å². The van der Waals surface area contributed by atoms with E-state index in [1.807, 2.05) is 35.0 Å². The Labute approximate surface area is 147 Å². The molecule has 0 spiro atoms. The van der Waals surface area contributed by atoms with E-state index < -0.39 is 5.97 Å². The van der Waals surface area contributed by atoms with Crippen molar-refractivity contribution in [1.82, 2.24) is 14.7 Å². The van der Waals surface area contributed by atoms with Gasteiger partial charge in [0.1, 0.15) is 5.75 Å². The molecule has 0 aliphatic carbocycles. The second-order valence-electron chi connectivity index (χ2n) is 6.15. The van der Waals surface area contributed by atoms with Crippen LogP contribution in [0.1, 0.15) is 23.4 Å². The van der Waals surface area contributed by atoms with Crippen molar-refractivity contribution in [1.29, 1.82) is 0 Å². The molecule has 1 aliphatic heterocycles. The molecule has 2 aromatic rings. The van der Waals surface area contributed by atoms with E-state index in [1.54, 1.807) is 7.11 Å². The number of rotatable bonds is 7. The first kappa shape index (κ1) is 17.2. The highest BCUT2D eigenvalue weighted by atomic mass is 16.5. The van der Waals surface area contributed by atoms with E-state index in [9.17, 15) is 4.79 Å². The molecule has 1 N–H and O–H groups in total. The van der Waals surface area contributed by atoms with Gasteiger partial charge in [-0.15, -0.1) is 0 Å². The minimum atomic E-state index is -0.781. The van der Waals surface area contributed by atoms with Crippen molar-refractivity contribution < 1.29 is 14.6 Å². The fourth-order valence-electron chi connectivity index (χ4n) is 2.95. The van der Waals surface area contributed by atoms with Crippen molar-refractivity contribution in [3.05, 3.63) is 53.4 Å². The lowest BCUT2D eigenvalue weighted by molar-refractivity contribution is -0.136. The van der Waals surface area contributed by atoms with Crippen LogP contribution in [-0.2, 0) is 24.3 Å². The maximum atomic E-state index is 10.7. The normalized spacial score (nSPS) is 14.6. The van der Waals surface area contributed by atoms with Gasteiger partial charge in [-0.3, -0.25) is 14.4 Å². The third-order valence-corrected chi connectivity index (χ3v) is 4.31. The average Bonchev–Trinajstić information content (AvgIpc) is 3.03. The molecule has 6 nitrogen and oxygen atoms in total. The Hall–Kier alpha value is -2.60. The number of ether oxygens (including phenoxy) is 1. The highest BCUT2D eigenvalue weighted by Gasteiger charge is 2.17. The molecule has 6 heteroatoms. The number of aliphatic carboxylic acids is 1. The number of aromatic nitrogens is 2. The van der Waals surface area contributed by atoms with Crippen LogP contribution in [0, 0.1) is 0 Å². The Morgan fingerprint density at radius 1 is 1.32 bits per heavy atom. The molecule has 25 heavy (non-hydrogen) atoms. The summed E-state index contributed by atoms with van der Waals surface area (Å²) < 4.78 is 7.16. The molecule has 0 amide bonds. The topological polar surface area (TPSA) is 67.6 Å². The van der Waals surface area contributed by atoms with Crippen LogP contribution in [0.2, 0.25) is 0 Å². The fourth-order valence-corrected chi connectivity index (χ4v) is 2.95. The molecule has 0 atom stereocenters. The predicted molar refractivity (Wildman–Crippen MR) is 95.5 cm³/mol. The number of methoxy groups -OCH3 is 1. The van der Waals surface area contributed by atoms with Crippen molar-refractivity contribution in [2.45, 2.75) is 25.9 Å². The quantitative estimate of drug-likeness (QED) is 0.838. The number of aryl methyl sites for hydroxylation is 1. The molecule has 0 bridgehead atoms. The number of hydrogen-bond acceptors (Lipinski definition) is 4. The molecule has 132 valence electrons. The van der Waals surface area contributed by atoms with Crippen LogP contribution in [0.4, 0.5) is 0 Å². The molecule has 2 heterocycles. The second-order valence-corrected chi connectivity index (χ2v) is 6.15. The monoisotopic (exact) mass is 341 g/mol. The van der Waals surface area contributed by atoms with Crippen LogP contribution < -0.4 is 4.74 Å². The molecule has 0 radical (unpaired) electrons. The molecule has 3 rings (SSSR count).